The highest BCUT2D eigenvalue weighted by atomic mass is 35.5. The lowest BCUT2D eigenvalue weighted by atomic mass is 10.2. The van der Waals surface area contributed by atoms with Crippen molar-refractivity contribution in [3.63, 3.8) is 0 Å². The number of benzene rings is 1. The molecule has 0 radical (unpaired) electrons. The normalized spacial score (nSPS) is 10.5. The van der Waals surface area contributed by atoms with Crippen LogP contribution < -0.4 is 10.1 Å². The molecule has 0 fully saturated rings. The van der Waals surface area contributed by atoms with Crippen molar-refractivity contribution in [3.05, 3.63) is 41.4 Å². The second kappa shape index (κ2) is 6.56. The third-order valence-electron chi connectivity index (χ3n) is 1.99. The zero-order valence-electron chi connectivity index (χ0n) is 9.79. The van der Waals surface area contributed by atoms with Gasteiger partial charge in [0.15, 0.2) is 0 Å². The summed E-state index contributed by atoms with van der Waals surface area (Å²) in [5, 5.41) is 3.96. The highest BCUT2D eigenvalue weighted by Gasteiger charge is 2.05. The van der Waals surface area contributed by atoms with E-state index in [9.17, 15) is 0 Å². The van der Waals surface area contributed by atoms with Crippen LogP contribution in [0, 0.1) is 0 Å². The summed E-state index contributed by atoms with van der Waals surface area (Å²) in [6.45, 7) is 9.18. The van der Waals surface area contributed by atoms with Gasteiger partial charge in [0.25, 0.3) is 0 Å². The Morgan fingerprint density at radius 1 is 1.50 bits per heavy atom. The van der Waals surface area contributed by atoms with Crippen molar-refractivity contribution >= 4 is 11.6 Å². The molecule has 0 bridgehead atoms. The van der Waals surface area contributed by atoms with Gasteiger partial charge in [-0.05, 0) is 32.0 Å². The summed E-state index contributed by atoms with van der Waals surface area (Å²) in [7, 11) is 0. The van der Waals surface area contributed by atoms with E-state index in [1.165, 1.54) is 0 Å². The molecule has 0 aromatic heterocycles. The molecular formula is C13H18ClNO. The molecule has 0 aliphatic heterocycles. The van der Waals surface area contributed by atoms with Crippen LogP contribution in [0.15, 0.2) is 30.9 Å². The van der Waals surface area contributed by atoms with Crippen molar-refractivity contribution in [3.8, 4) is 5.75 Å². The van der Waals surface area contributed by atoms with E-state index in [1.807, 2.05) is 38.1 Å². The monoisotopic (exact) mass is 239 g/mol. The lowest BCUT2D eigenvalue weighted by Gasteiger charge is -2.14. The van der Waals surface area contributed by atoms with Gasteiger partial charge in [0, 0.05) is 23.7 Å². The second-order valence-corrected chi connectivity index (χ2v) is 4.27. The van der Waals surface area contributed by atoms with E-state index >= 15 is 0 Å². The first-order valence-electron chi connectivity index (χ1n) is 5.40. The summed E-state index contributed by atoms with van der Waals surface area (Å²) in [6.07, 6.45) is 1.99. The van der Waals surface area contributed by atoms with Crippen molar-refractivity contribution in [2.24, 2.45) is 0 Å². The predicted octanol–water partition coefficient (Wildman–Crippen LogP) is 3.40. The molecule has 0 aliphatic carbocycles. The predicted molar refractivity (Wildman–Crippen MR) is 69.1 cm³/mol. The van der Waals surface area contributed by atoms with E-state index in [0.717, 1.165) is 29.4 Å². The van der Waals surface area contributed by atoms with Gasteiger partial charge in [-0.2, -0.15) is 0 Å². The molecule has 0 heterocycles. The van der Waals surface area contributed by atoms with E-state index in [-0.39, 0.29) is 6.10 Å². The highest BCUT2D eigenvalue weighted by Crippen LogP contribution is 2.23. The average Bonchev–Trinajstić information content (AvgIpc) is 2.22. The summed E-state index contributed by atoms with van der Waals surface area (Å²) in [4.78, 5) is 0. The Hall–Kier alpha value is -0.990. The topological polar surface area (TPSA) is 21.3 Å². The maximum atomic E-state index is 5.96. The quantitative estimate of drug-likeness (QED) is 0.607. The van der Waals surface area contributed by atoms with Gasteiger partial charge in [-0.3, -0.25) is 0 Å². The Morgan fingerprint density at radius 3 is 2.88 bits per heavy atom. The molecule has 0 saturated carbocycles. The molecular weight excluding hydrogens is 222 g/mol. The van der Waals surface area contributed by atoms with Crippen molar-refractivity contribution in [1.29, 1.82) is 0 Å². The van der Waals surface area contributed by atoms with Crippen molar-refractivity contribution in [2.45, 2.75) is 26.5 Å². The van der Waals surface area contributed by atoms with Gasteiger partial charge < -0.3 is 10.1 Å². The minimum atomic E-state index is 0.166. The number of ether oxygens (including phenoxy) is 1. The minimum Gasteiger partial charge on any atom is -0.491 e. The van der Waals surface area contributed by atoms with E-state index < -0.39 is 0 Å². The van der Waals surface area contributed by atoms with Gasteiger partial charge in [0.2, 0.25) is 0 Å². The lowest BCUT2D eigenvalue weighted by molar-refractivity contribution is 0.239. The van der Waals surface area contributed by atoms with Crippen LogP contribution in [0.4, 0.5) is 0 Å². The number of hydrogen-bond acceptors (Lipinski definition) is 2. The molecule has 1 aromatic carbocycles. The maximum absolute atomic E-state index is 5.96. The molecule has 0 aliphatic rings. The minimum absolute atomic E-state index is 0.166. The van der Waals surface area contributed by atoms with Gasteiger partial charge in [0.05, 0.1) is 6.10 Å². The second-order valence-electron chi connectivity index (χ2n) is 3.84. The fourth-order valence-corrected chi connectivity index (χ4v) is 1.56. The van der Waals surface area contributed by atoms with Crippen LogP contribution in [0.1, 0.15) is 19.4 Å². The first-order valence-corrected chi connectivity index (χ1v) is 5.78. The Morgan fingerprint density at radius 2 is 2.25 bits per heavy atom. The molecule has 2 nitrogen and oxygen atoms in total. The zero-order valence-corrected chi connectivity index (χ0v) is 10.6. The molecule has 0 saturated heterocycles. The fourth-order valence-electron chi connectivity index (χ4n) is 1.36. The summed E-state index contributed by atoms with van der Waals surface area (Å²) >= 11 is 5.96. The van der Waals surface area contributed by atoms with Crippen molar-refractivity contribution in [2.75, 3.05) is 6.54 Å². The van der Waals surface area contributed by atoms with Crippen LogP contribution in [-0.2, 0) is 6.54 Å². The van der Waals surface area contributed by atoms with Gasteiger partial charge in [-0.15, -0.1) is 6.58 Å². The zero-order chi connectivity index (χ0) is 12.0. The van der Waals surface area contributed by atoms with Crippen LogP contribution in [-0.4, -0.2) is 12.6 Å². The van der Waals surface area contributed by atoms with E-state index in [0.29, 0.717) is 0 Å². The maximum Gasteiger partial charge on any atom is 0.124 e. The highest BCUT2D eigenvalue weighted by molar-refractivity contribution is 6.30. The smallest absolute Gasteiger partial charge is 0.124 e. The lowest BCUT2D eigenvalue weighted by Crippen LogP contribution is -2.15. The molecule has 0 atom stereocenters. The average molecular weight is 240 g/mol. The van der Waals surface area contributed by atoms with Crippen LogP contribution in [0.3, 0.4) is 0 Å². The number of rotatable bonds is 6. The van der Waals surface area contributed by atoms with Crippen LogP contribution >= 0.6 is 11.6 Å². The molecule has 88 valence electrons. The number of nitrogens with one attached hydrogen (secondary N) is 1. The molecule has 16 heavy (non-hydrogen) atoms. The Labute approximate surface area is 102 Å². The third kappa shape index (κ3) is 4.25. The largest absolute Gasteiger partial charge is 0.491 e. The molecule has 3 heteroatoms. The summed E-state index contributed by atoms with van der Waals surface area (Å²) in [5.74, 6) is 0.885. The summed E-state index contributed by atoms with van der Waals surface area (Å²) < 4.78 is 5.71. The van der Waals surface area contributed by atoms with Gasteiger partial charge in [-0.25, -0.2) is 0 Å². The molecule has 1 aromatic rings. The van der Waals surface area contributed by atoms with Gasteiger partial charge in [-0.1, -0.05) is 17.7 Å². The van der Waals surface area contributed by atoms with Crippen LogP contribution in [0.25, 0.3) is 0 Å². The molecule has 0 unspecified atom stereocenters. The first kappa shape index (κ1) is 13.1. The van der Waals surface area contributed by atoms with E-state index in [4.69, 9.17) is 16.3 Å². The van der Waals surface area contributed by atoms with Crippen LogP contribution in [0.5, 0.6) is 5.75 Å². The molecule has 0 spiro atoms. The Balaban J connectivity index is 2.76. The number of hydrogen-bond donors (Lipinski definition) is 1. The van der Waals surface area contributed by atoms with Gasteiger partial charge >= 0.3 is 0 Å². The van der Waals surface area contributed by atoms with Gasteiger partial charge in [0.1, 0.15) is 5.75 Å². The standard InChI is InChI=1S/C13H18ClNO/c1-4-7-15-9-11-8-12(14)5-6-13(11)16-10(2)3/h4-6,8,10,15H,1,7,9H2,2-3H3. The van der Waals surface area contributed by atoms with E-state index in [2.05, 4.69) is 11.9 Å². The Kier molecular flexibility index (Phi) is 5.36. The van der Waals surface area contributed by atoms with Crippen LogP contribution in [0.2, 0.25) is 5.02 Å². The number of halogens is 1. The summed E-state index contributed by atoms with van der Waals surface area (Å²) in [5.41, 5.74) is 1.07. The van der Waals surface area contributed by atoms with Crippen molar-refractivity contribution in [1.82, 2.24) is 5.32 Å². The van der Waals surface area contributed by atoms with E-state index in [1.54, 1.807) is 0 Å². The molecule has 1 N–H and O–H groups in total. The summed E-state index contributed by atoms with van der Waals surface area (Å²) in [6, 6.07) is 5.68. The fraction of sp³-hybridized carbons (Fsp3) is 0.385. The first-order chi connectivity index (χ1) is 7.63. The van der Waals surface area contributed by atoms with Crippen molar-refractivity contribution < 1.29 is 4.74 Å². The SMILES string of the molecule is C=CCNCc1cc(Cl)ccc1OC(C)C. The Bertz CT molecular complexity index is 350. The molecule has 0 amide bonds. The molecule has 1 rings (SSSR count). The third-order valence-corrected chi connectivity index (χ3v) is 2.22.